The van der Waals surface area contributed by atoms with E-state index in [-0.39, 0.29) is 12.6 Å². The third-order valence-corrected chi connectivity index (χ3v) is 3.85. The molecule has 1 aliphatic rings. The molecule has 0 spiro atoms. The van der Waals surface area contributed by atoms with E-state index in [0.717, 1.165) is 24.4 Å². The molecule has 3 heterocycles. The van der Waals surface area contributed by atoms with Crippen LogP contribution in [0.5, 0.6) is 0 Å². The number of anilines is 2. The van der Waals surface area contributed by atoms with Gasteiger partial charge in [0.05, 0.1) is 18.8 Å². The topological polar surface area (TPSA) is 91.7 Å². The first kappa shape index (κ1) is 12.2. The summed E-state index contributed by atoms with van der Waals surface area (Å²) in [6.45, 7) is 3.14. The molecule has 1 fully saturated rings. The molecule has 102 valence electrons. The number of hydrogen-bond donors (Lipinski definition) is 3. The zero-order chi connectivity index (χ0) is 13.4. The Balaban J connectivity index is 2.10. The fraction of sp³-hybridized carbons (Fsp3) is 0.500. The molecule has 0 amide bonds. The van der Waals surface area contributed by atoms with E-state index in [2.05, 4.69) is 27.2 Å². The van der Waals surface area contributed by atoms with Crippen LogP contribution < -0.4 is 16.2 Å². The lowest BCUT2D eigenvalue weighted by Crippen LogP contribution is -2.36. The summed E-state index contributed by atoms with van der Waals surface area (Å²) >= 11 is 0. The predicted molar refractivity (Wildman–Crippen MR) is 72.8 cm³/mol. The van der Waals surface area contributed by atoms with Crippen LogP contribution >= 0.6 is 0 Å². The number of nitrogen functional groups attached to an aromatic ring is 1. The van der Waals surface area contributed by atoms with Crippen molar-refractivity contribution in [2.75, 3.05) is 23.5 Å². The van der Waals surface area contributed by atoms with Gasteiger partial charge < -0.3 is 19.8 Å². The Morgan fingerprint density at radius 1 is 1.58 bits per heavy atom. The average Bonchev–Trinajstić information content (AvgIpc) is 3.03. The molecule has 1 saturated heterocycles. The predicted octanol–water partition coefficient (Wildman–Crippen LogP) is 0.222. The molecule has 0 bridgehead atoms. The Bertz CT molecular complexity index is 583. The molecule has 7 heteroatoms. The van der Waals surface area contributed by atoms with E-state index in [1.54, 1.807) is 12.4 Å². The largest absolute Gasteiger partial charge is 0.394 e. The van der Waals surface area contributed by atoms with Crippen molar-refractivity contribution in [2.45, 2.75) is 19.4 Å². The number of fused-ring (bicyclic) bond motifs is 1. The highest BCUT2D eigenvalue weighted by Crippen LogP contribution is 2.31. The molecule has 0 radical (unpaired) electrons. The number of hydrazine groups is 1. The monoisotopic (exact) mass is 262 g/mol. The van der Waals surface area contributed by atoms with Gasteiger partial charge in [-0.1, -0.05) is 6.92 Å². The number of rotatable bonds is 3. The van der Waals surface area contributed by atoms with Crippen molar-refractivity contribution >= 4 is 17.3 Å². The van der Waals surface area contributed by atoms with Gasteiger partial charge in [0.25, 0.3) is 0 Å². The Kier molecular flexibility index (Phi) is 3.00. The maximum Gasteiger partial charge on any atom is 0.180 e. The molecule has 19 heavy (non-hydrogen) atoms. The van der Waals surface area contributed by atoms with Crippen LogP contribution in [0.4, 0.5) is 11.6 Å². The number of imidazole rings is 1. The second kappa shape index (κ2) is 4.67. The zero-order valence-electron chi connectivity index (χ0n) is 10.8. The third kappa shape index (κ3) is 1.91. The molecular formula is C12H18N6O. The standard InChI is InChI=1S/C12H18N6O/c1-8-2-4-18(9(8)7-19)12-11-14-3-5-17(11)6-10(15-12)16-13/h3,5-6,8-9,16,19H,2,4,7,13H2,1H3. The lowest BCUT2D eigenvalue weighted by Gasteiger charge is -2.26. The first-order chi connectivity index (χ1) is 9.24. The molecule has 4 N–H and O–H groups in total. The first-order valence-electron chi connectivity index (χ1n) is 6.42. The maximum absolute atomic E-state index is 9.58. The first-order valence-corrected chi connectivity index (χ1v) is 6.42. The Labute approximate surface area is 111 Å². The average molecular weight is 262 g/mol. The Morgan fingerprint density at radius 3 is 3.16 bits per heavy atom. The number of nitrogens with zero attached hydrogens (tertiary/aromatic N) is 4. The molecule has 7 nitrogen and oxygen atoms in total. The number of aliphatic hydroxyl groups excluding tert-OH is 1. The van der Waals surface area contributed by atoms with E-state index >= 15 is 0 Å². The highest BCUT2D eigenvalue weighted by molar-refractivity contribution is 5.67. The van der Waals surface area contributed by atoms with Gasteiger partial charge in [-0.05, 0) is 12.3 Å². The molecule has 1 aliphatic heterocycles. The van der Waals surface area contributed by atoms with Gasteiger partial charge in [-0.25, -0.2) is 15.8 Å². The second-order valence-corrected chi connectivity index (χ2v) is 4.96. The van der Waals surface area contributed by atoms with Crippen LogP contribution in [0.3, 0.4) is 0 Å². The van der Waals surface area contributed by atoms with Gasteiger partial charge in [-0.15, -0.1) is 0 Å². The summed E-state index contributed by atoms with van der Waals surface area (Å²) in [5.74, 6) is 7.25. The van der Waals surface area contributed by atoms with Crippen LogP contribution in [-0.4, -0.2) is 38.7 Å². The van der Waals surface area contributed by atoms with E-state index in [1.165, 1.54) is 0 Å². The van der Waals surface area contributed by atoms with E-state index in [1.807, 2.05) is 10.6 Å². The maximum atomic E-state index is 9.58. The summed E-state index contributed by atoms with van der Waals surface area (Å²) in [7, 11) is 0. The van der Waals surface area contributed by atoms with Crippen molar-refractivity contribution in [1.82, 2.24) is 14.4 Å². The smallest absolute Gasteiger partial charge is 0.180 e. The summed E-state index contributed by atoms with van der Waals surface area (Å²) in [5, 5.41) is 9.58. The normalized spacial score (nSPS) is 23.2. The van der Waals surface area contributed by atoms with Crippen LogP contribution in [-0.2, 0) is 0 Å². The molecule has 0 saturated carbocycles. The third-order valence-electron chi connectivity index (χ3n) is 3.85. The van der Waals surface area contributed by atoms with Gasteiger partial charge in [-0.3, -0.25) is 0 Å². The van der Waals surface area contributed by atoms with Crippen LogP contribution in [0, 0.1) is 5.92 Å². The molecule has 3 rings (SSSR count). The van der Waals surface area contributed by atoms with Crippen LogP contribution in [0.2, 0.25) is 0 Å². The molecule has 0 aromatic carbocycles. The Hall–Kier alpha value is -1.86. The minimum Gasteiger partial charge on any atom is -0.394 e. The van der Waals surface area contributed by atoms with Crippen molar-refractivity contribution in [3.8, 4) is 0 Å². The number of nitrogens with two attached hydrogens (primary N) is 1. The van der Waals surface area contributed by atoms with Crippen molar-refractivity contribution in [2.24, 2.45) is 11.8 Å². The van der Waals surface area contributed by atoms with Crippen molar-refractivity contribution in [3.05, 3.63) is 18.6 Å². The molecule has 2 aromatic heterocycles. The number of aliphatic hydroxyl groups is 1. The van der Waals surface area contributed by atoms with Gasteiger partial charge >= 0.3 is 0 Å². The SMILES string of the molecule is CC1CCN(c2nc(NN)cn3ccnc23)C1CO. The number of hydrogen-bond acceptors (Lipinski definition) is 6. The number of aromatic nitrogens is 3. The lowest BCUT2D eigenvalue weighted by atomic mass is 10.0. The van der Waals surface area contributed by atoms with E-state index < -0.39 is 0 Å². The minimum atomic E-state index is 0.0843. The fourth-order valence-electron chi connectivity index (χ4n) is 2.73. The summed E-state index contributed by atoms with van der Waals surface area (Å²) in [6.07, 6.45) is 6.42. The van der Waals surface area contributed by atoms with Gasteiger partial charge in [0, 0.05) is 18.9 Å². The van der Waals surface area contributed by atoms with Crippen LogP contribution in [0.25, 0.3) is 5.65 Å². The Morgan fingerprint density at radius 2 is 2.42 bits per heavy atom. The van der Waals surface area contributed by atoms with Crippen LogP contribution in [0.15, 0.2) is 18.6 Å². The van der Waals surface area contributed by atoms with E-state index in [9.17, 15) is 5.11 Å². The molecule has 2 atom stereocenters. The van der Waals surface area contributed by atoms with Crippen molar-refractivity contribution in [1.29, 1.82) is 0 Å². The van der Waals surface area contributed by atoms with Crippen molar-refractivity contribution in [3.63, 3.8) is 0 Å². The number of nitrogens with one attached hydrogen (secondary N) is 1. The lowest BCUT2D eigenvalue weighted by molar-refractivity contribution is 0.244. The molecular weight excluding hydrogens is 244 g/mol. The van der Waals surface area contributed by atoms with Gasteiger partial charge in [0.15, 0.2) is 17.3 Å². The molecule has 2 unspecified atom stereocenters. The summed E-state index contributed by atoms with van der Waals surface area (Å²) in [4.78, 5) is 11.0. The van der Waals surface area contributed by atoms with E-state index in [0.29, 0.717) is 11.7 Å². The summed E-state index contributed by atoms with van der Waals surface area (Å²) in [6, 6.07) is 0.0843. The molecule has 2 aromatic rings. The highest BCUT2D eigenvalue weighted by atomic mass is 16.3. The van der Waals surface area contributed by atoms with Gasteiger partial charge in [0.1, 0.15) is 0 Å². The van der Waals surface area contributed by atoms with Gasteiger partial charge in [0.2, 0.25) is 0 Å². The zero-order valence-corrected chi connectivity index (χ0v) is 10.8. The second-order valence-electron chi connectivity index (χ2n) is 4.96. The molecule has 0 aliphatic carbocycles. The minimum absolute atomic E-state index is 0.0843. The quantitative estimate of drug-likeness (QED) is 0.541. The summed E-state index contributed by atoms with van der Waals surface area (Å²) in [5.41, 5.74) is 3.35. The van der Waals surface area contributed by atoms with E-state index in [4.69, 9.17) is 5.84 Å². The van der Waals surface area contributed by atoms with Crippen LogP contribution in [0.1, 0.15) is 13.3 Å². The fourth-order valence-corrected chi connectivity index (χ4v) is 2.73. The van der Waals surface area contributed by atoms with Gasteiger partial charge in [-0.2, -0.15) is 0 Å². The summed E-state index contributed by atoms with van der Waals surface area (Å²) < 4.78 is 1.88. The highest BCUT2D eigenvalue weighted by Gasteiger charge is 2.33. The van der Waals surface area contributed by atoms with Crippen molar-refractivity contribution < 1.29 is 5.11 Å².